The molecule has 0 amide bonds. The first-order chi connectivity index (χ1) is 23.2. The fourth-order valence-electron chi connectivity index (χ4n) is 7.84. The zero-order valence-electron chi connectivity index (χ0n) is 33.2. The lowest BCUT2D eigenvalue weighted by Gasteiger charge is -2.17. The fraction of sp³-hybridized carbons (Fsp3) is 0.933. The van der Waals surface area contributed by atoms with Crippen molar-refractivity contribution in [3.63, 3.8) is 0 Å². The van der Waals surface area contributed by atoms with Gasteiger partial charge >= 0.3 is 0 Å². The predicted octanol–water partition coefficient (Wildman–Crippen LogP) is 16.1. The fourth-order valence-corrected chi connectivity index (χ4v) is 7.84. The van der Waals surface area contributed by atoms with Crippen molar-refractivity contribution in [3.05, 3.63) is 18.2 Å². The molecule has 1 aromatic heterocycles. The minimum absolute atomic E-state index is 0.618. The van der Waals surface area contributed by atoms with Gasteiger partial charge in [-0.1, -0.05) is 226 Å². The second-order valence-corrected chi connectivity index (χ2v) is 15.8. The zero-order chi connectivity index (χ0) is 33.9. The quantitative estimate of drug-likeness (QED) is 0.0539. The molecule has 0 aromatic carbocycles. The Morgan fingerprint density at radius 1 is 0.404 bits per heavy atom. The summed E-state index contributed by atoms with van der Waals surface area (Å²) in [6.45, 7) is 9.43. The van der Waals surface area contributed by atoms with Crippen molar-refractivity contribution in [1.29, 1.82) is 0 Å². The largest absolute Gasteiger partial charge is 0.257 e. The molecule has 2 unspecified atom stereocenters. The number of H-pyrrole nitrogens is 1. The SMILES string of the molecule is CCCCCCCCCCCCCCCC(CCCCCCCCCCCCCC)c1[nH]cc[n+]1C(C)CCCCCCCCCC. The van der Waals surface area contributed by atoms with Crippen molar-refractivity contribution in [2.45, 2.75) is 271 Å². The van der Waals surface area contributed by atoms with E-state index in [-0.39, 0.29) is 0 Å². The van der Waals surface area contributed by atoms with Crippen LogP contribution in [0.1, 0.15) is 277 Å². The van der Waals surface area contributed by atoms with Crippen LogP contribution in [0.2, 0.25) is 0 Å². The number of imidazole rings is 1. The topological polar surface area (TPSA) is 19.7 Å². The third-order valence-electron chi connectivity index (χ3n) is 11.1. The third kappa shape index (κ3) is 26.7. The summed E-state index contributed by atoms with van der Waals surface area (Å²) >= 11 is 0. The Bertz CT molecular complexity index is 723. The van der Waals surface area contributed by atoms with E-state index in [1.54, 1.807) is 5.82 Å². The molecule has 2 atom stereocenters. The molecule has 47 heavy (non-hydrogen) atoms. The van der Waals surface area contributed by atoms with E-state index in [9.17, 15) is 0 Å². The van der Waals surface area contributed by atoms with Crippen molar-refractivity contribution in [1.82, 2.24) is 4.98 Å². The highest BCUT2D eigenvalue weighted by atomic mass is 15.1. The highest BCUT2D eigenvalue weighted by molar-refractivity contribution is 4.90. The first-order valence-electron chi connectivity index (χ1n) is 22.3. The van der Waals surface area contributed by atoms with Crippen molar-refractivity contribution < 1.29 is 4.57 Å². The van der Waals surface area contributed by atoms with E-state index >= 15 is 0 Å². The molecular weight excluding hydrogens is 569 g/mol. The smallest absolute Gasteiger partial charge is 0.247 e. The van der Waals surface area contributed by atoms with Gasteiger partial charge in [-0.25, -0.2) is 9.55 Å². The van der Waals surface area contributed by atoms with Gasteiger partial charge in [0.2, 0.25) is 0 Å². The van der Waals surface area contributed by atoms with E-state index in [2.05, 4.69) is 49.6 Å². The molecule has 0 fully saturated rings. The van der Waals surface area contributed by atoms with Gasteiger partial charge in [0.25, 0.3) is 5.82 Å². The molecule has 0 aliphatic heterocycles. The van der Waals surface area contributed by atoms with Crippen LogP contribution in [0.15, 0.2) is 12.4 Å². The number of aromatic nitrogens is 2. The van der Waals surface area contributed by atoms with Gasteiger partial charge in [-0.3, -0.25) is 0 Å². The van der Waals surface area contributed by atoms with Crippen LogP contribution in [-0.2, 0) is 0 Å². The number of unbranched alkanes of at least 4 members (excludes halogenated alkanes) is 30. The Morgan fingerprint density at radius 2 is 0.681 bits per heavy atom. The van der Waals surface area contributed by atoms with E-state index in [0.717, 1.165) is 0 Å². The number of hydrogen-bond donors (Lipinski definition) is 1. The number of hydrogen-bond acceptors (Lipinski definition) is 0. The molecular formula is C45H89N2+. The summed E-state index contributed by atoms with van der Waals surface area (Å²) in [5, 5.41) is 0. The van der Waals surface area contributed by atoms with Crippen LogP contribution in [0.4, 0.5) is 0 Å². The van der Waals surface area contributed by atoms with Crippen molar-refractivity contribution >= 4 is 0 Å². The first kappa shape index (κ1) is 44.2. The normalized spacial score (nSPS) is 13.0. The molecule has 0 radical (unpaired) electrons. The van der Waals surface area contributed by atoms with Crippen LogP contribution in [-0.4, -0.2) is 4.98 Å². The van der Waals surface area contributed by atoms with Gasteiger partial charge in [-0.2, -0.15) is 0 Å². The zero-order valence-corrected chi connectivity index (χ0v) is 33.2. The van der Waals surface area contributed by atoms with Crippen LogP contribution in [0.25, 0.3) is 0 Å². The van der Waals surface area contributed by atoms with Gasteiger partial charge in [0.1, 0.15) is 12.4 Å². The molecule has 0 aliphatic rings. The maximum absolute atomic E-state index is 3.77. The van der Waals surface area contributed by atoms with Gasteiger partial charge < -0.3 is 0 Å². The van der Waals surface area contributed by atoms with E-state index in [4.69, 9.17) is 0 Å². The van der Waals surface area contributed by atoms with Gasteiger partial charge in [0.05, 0.1) is 12.0 Å². The molecule has 0 aliphatic carbocycles. The van der Waals surface area contributed by atoms with Gasteiger partial charge in [0.15, 0.2) is 0 Å². The molecule has 1 rings (SSSR count). The van der Waals surface area contributed by atoms with E-state index in [1.165, 1.54) is 231 Å². The molecule has 278 valence electrons. The Balaban J connectivity index is 2.40. The Hall–Kier alpha value is -0.790. The lowest BCUT2D eigenvalue weighted by atomic mass is 9.92. The third-order valence-corrected chi connectivity index (χ3v) is 11.1. The molecule has 1 heterocycles. The first-order valence-corrected chi connectivity index (χ1v) is 22.3. The lowest BCUT2D eigenvalue weighted by molar-refractivity contribution is -0.727. The lowest BCUT2D eigenvalue weighted by Crippen LogP contribution is -2.41. The highest BCUT2D eigenvalue weighted by Gasteiger charge is 2.25. The van der Waals surface area contributed by atoms with E-state index in [1.807, 2.05) is 0 Å². The molecule has 1 N–H and O–H groups in total. The Morgan fingerprint density at radius 3 is 1.00 bits per heavy atom. The molecule has 0 saturated heterocycles. The summed E-state index contributed by atoms with van der Waals surface area (Å²) in [5.41, 5.74) is 0. The average Bonchev–Trinajstić information content (AvgIpc) is 3.57. The van der Waals surface area contributed by atoms with Gasteiger partial charge in [-0.05, 0) is 32.6 Å². The van der Waals surface area contributed by atoms with E-state index in [0.29, 0.717) is 12.0 Å². The molecule has 2 heteroatoms. The van der Waals surface area contributed by atoms with Crippen LogP contribution >= 0.6 is 0 Å². The monoisotopic (exact) mass is 658 g/mol. The van der Waals surface area contributed by atoms with Crippen molar-refractivity contribution in [2.24, 2.45) is 0 Å². The van der Waals surface area contributed by atoms with Crippen molar-refractivity contribution in [3.8, 4) is 0 Å². The molecule has 1 aromatic rings. The van der Waals surface area contributed by atoms with Gasteiger partial charge in [-0.15, -0.1) is 0 Å². The molecule has 2 nitrogen and oxygen atoms in total. The number of nitrogens with zero attached hydrogens (tertiary/aromatic N) is 1. The molecule has 0 saturated carbocycles. The summed E-state index contributed by atoms with van der Waals surface area (Å²) in [6, 6.07) is 0.618. The summed E-state index contributed by atoms with van der Waals surface area (Å²) in [5.74, 6) is 2.25. The molecule has 0 bridgehead atoms. The Labute approximate surface area is 297 Å². The Kier molecular flexibility index (Phi) is 33.0. The van der Waals surface area contributed by atoms with Crippen LogP contribution in [0, 0.1) is 0 Å². The summed E-state index contributed by atoms with van der Waals surface area (Å²) in [4.78, 5) is 3.77. The number of aromatic amines is 1. The summed E-state index contributed by atoms with van der Waals surface area (Å²) in [6.07, 6.45) is 56.1. The van der Waals surface area contributed by atoms with E-state index < -0.39 is 0 Å². The van der Waals surface area contributed by atoms with Crippen LogP contribution in [0.5, 0.6) is 0 Å². The minimum Gasteiger partial charge on any atom is -0.247 e. The van der Waals surface area contributed by atoms with Crippen LogP contribution in [0.3, 0.4) is 0 Å². The highest BCUT2D eigenvalue weighted by Crippen LogP contribution is 2.27. The number of rotatable bonds is 38. The standard InChI is InChI=1S/C45H88N2/c1-5-8-11-14-17-20-22-24-26-28-31-34-37-40-44(39-36-33-30-27-25-23-21-18-15-12-9-6-2)45-46-41-42-47(45)43(4)38-35-32-29-19-16-13-10-7-3/h41-44H,5-40H2,1-4H3/p+1. The number of nitrogens with one attached hydrogen (secondary N) is 1. The summed E-state index contributed by atoms with van der Waals surface area (Å²) in [7, 11) is 0. The van der Waals surface area contributed by atoms with Crippen molar-refractivity contribution in [2.75, 3.05) is 0 Å². The molecule has 0 spiro atoms. The maximum atomic E-state index is 3.77. The second-order valence-electron chi connectivity index (χ2n) is 15.8. The summed E-state index contributed by atoms with van der Waals surface area (Å²) < 4.78 is 2.65. The van der Waals surface area contributed by atoms with Crippen LogP contribution < -0.4 is 4.57 Å². The minimum atomic E-state index is 0.618. The predicted molar refractivity (Wildman–Crippen MR) is 212 cm³/mol. The average molecular weight is 658 g/mol. The van der Waals surface area contributed by atoms with Gasteiger partial charge in [0, 0.05) is 0 Å². The second kappa shape index (κ2) is 35.1. The maximum Gasteiger partial charge on any atom is 0.257 e.